The molecule has 0 aromatic rings. The van der Waals surface area contributed by atoms with Crippen molar-refractivity contribution in [2.45, 2.75) is 96.4 Å². The van der Waals surface area contributed by atoms with E-state index in [-0.39, 0.29) is 0 Å². The second-order valence-corrected chi connectivity index (χ2v) is 5.66. The Hall–Kier alpha value is -0.0800. The molecule has 18 heavy (non-hydrogen) atoms. The Kier molecular flexibility index (Phi) is 14.9. The third-order valence-corrected chi connectivity index (χ3v) is 3.71. The third-order valence-electron chi connectivity index (χ3n) is 3.71. The first-order valence-electron chi connectivity index (χ1n) is 8.27. The molecule has 110 valence electrons. The van der Waals surface area contributed by atoms with Crippen LogP contribution in [0.5, 0.6) is 0 Å². The van der Waals surface area contributed by atoms with Gasteiger partial charge in [-0.15, -0.1) is 0 Å². The van der Waals surface area contributed by atoms with Crippen molar-refractivity contribution in [1.82, 2.24) is 0 Å². The van der Waals surface area contributed by atoms with Gasteiger partial charge in [-0.1, -0.05) is 71.1 Å². The maximum atomic E-state index is 6.11. The summed E-state index contributed by atoms with van der Waals surface area (Å²) in [6, 6.07) is 0.433. The van der Waals surface area contributed by atoms with Gasteiger partial charge in [-0.2, -0.15) is 0 Å². The van der Waals surface area contributed by atoms with Gasteiger partial charge in [-0.25, -0.2) is 0 Å². The third kappa shape index (κ3) is 14.0. The smallest absolute Gasteiger partial charge is 0.00388 e. The molecule has 0 spiro atoms. The predicted molar refractivity (Wildman–Crippen MR) is 82.7 cm³/mol. The Morgan fingerprint density at radius 1 is 0.667 bits per heavy atom. The van der Waals surface area contributed by atoms with Crippen LogP contribution in [0.2, 0.25) is 0 Å². The van der Waals surface area contributed by atoms with Gasteiger partial charge in [0.05, 0.1) is 0 Å². The molecular weight excluding hydrogens is 220 g/mol. The van der Waals surface area contributed by atoms with E-state index in [4.69, 9.17) is 11.5 Å². The molecule has 0 aliphatic heterocycles. The molecule has 1 unspecified atom stereocenters. The van der Waals surface area contributed by atoms with Crippen molar-refractivity contribution < 1.29 is 0 Å². The average Bonchev–Trinajstić information content (AvgIpc) is 2.38. The van der Waals surface area contributed by atoms with Crippen LogP contribution >= 0.6 is 0 Å². The Morgan fingerprint density at radius 3 is 1.61 bits per heavy atom. The number of hydrogen-bond acceptors (Lipinski definition) is 2. The van der Waals surface area contributed by atoms with E-state index in [1.54, 1.807) is 0 Å². The Bertz CT molecular complexity index is 148. The summed E-state index contributed by atoms with van der Waals surface area (Å²) in [4.78, 5) is 0. The van der Waals surface area contributed by atoms with Crippen LogP contribution in [0, 0.1) is 0 Å². The molecule has 0 aromatic carbocycles. The molecule has 0 aliphatic rings. The summed E-state index contributed by atoms with van der Waals surface area (Å²) in [6.07, 6.45) is 17.2. The van der Waals surface area contributed by atoms with Gasteiger partial charge < -0.3 is 11.5 Å². The van der Waals surface area contributed by atoms with Gasteiger partial charge >= 0.3 is 0 Å². The lowest BCUT2D eigenvalue weighted by Crippen LogP contribution is -2.19. The van der Waals surface area contributed by atoms with Crippen molar-refractivity contribution in [1.29, 1.82) is 0 Å². The molecule has 0 bridgehead atoms. The topological polar surface area (TPSA) is 52.0 Å². The number of rotatable bonds is 14. The summed E-state index contributed by atoms with van der Waals surface area (Å²) < 4.78 is 0. The van der Waals surface area contributed by atoms with Crippen LogP contribution in [0.4, 0.5) is 0 Å². The lowest BCUT2D eigenvalue weighted by Gasteiger charge is -2.11. The summed E-state index contributed by atoms with van der Waals surface area (Å²) in [6.45, 7) is 3.10. The molecule has 0 fully saturated rings. The molecule has 0 radical (unpaired) electrons. The average molecular weight is 256 g/mol. The molecule has 0 rings (SSSR count). The minimum absolute atomic E-state index is 0.433. The summed E-state index contributed by atoms with van der Waals surface area (Å²) in [5.41, 5.74) is 11.6. The molecule has 0 amide bonds. The molecule has 1 atom stereocenters. The van der Waals surface area contributed by atoms with Gasteiger partial charge in [0.25, 0.3) is 0 Å². The monoisotopic (exact) mass is 256 g/mol. The SMILES string of the molecule is CCCCCCCCCCC(N)CCCCCN. The van der Waals surface area contributed by atoms with Crippen LogP contribution in [0.15, 0.2) is 0 Å². The van der Waals surface area contributed by atoms with Crippen molar-refractivity contribution in [2.24, 2.45) is 11.5 Å². The zero-order valence-corrected chi connectivity index (χ0v) is 12.6. The van der Waals surface area contributed by atoms with E-state index in [0.717, 1.165) is 13.0 Å². The van der Waals surface area contributed by atoms with E-state index in [0.29, 0.717) is 6.04 Å². The van der Waals surface area contributed by atoms with Crippen LogP contribution in [0.1, 0.15) is 90.4 Å². The normalized spacial score (nSPS) is 12.8. The molecule has 2 nitrogen and oxygen atoms in total. The molecule has 0 saturated heterocycles. The van der Waals surface area contributed by atoms with Crippen molar-refractivity contribution in [3.05, 3.63) is 0 Å². The Balaban J connectivity index is 3.08. The molecule has 0 saturated carbocycles. The van der Waals surface area contributed by atoms with Crippen LogP contribution < -0.4 is 11.5 Å². The lowest BCUT2D eigenvalue weighted by atomic mass is 10.0. The van der Waals surface area contributed by atoms with Gasteiger partial charge in [0.15, 0.2) is 0 Å². The maximum absolute atomic E-state index is 6.11. The standard InChI is InChI=1S/C16H36N2/c1-2-3-4-5-6-7-8-10-13-16(18)14-11-9-12-15-17/h16H,2-15,17-18H2,1H3. The quantitative estimate of drug-likeness (QED) is 0.454. The first kappa shape index (κ1) is 17.9. The summed E-state index contributed by atoms with van der Waals surface area (Å²) in [5, 5.41) is 0. The van der Waals surface area contributed by atoms with Crippen molar-refractivity contribution >= 4 is 0 Å². The van der Waals surface area contributed by atoms with E-state index in [1.807, 2.05) is 0 Å². The summed E-state index contributed by atoms with van der Waals surface area (Å²) in [7, 11) is 0. The van der Waals surface area contributed by atoms with E-state index < -0.39 is 0 Å². The fraction of sp³-hybridized carbons (Fsp3) is 1.00. The van der Waals surface area contributed by atoms with Crippen LogP contribution in [-0.4, -0.2) is 12.6 Å². The highest BCUT2D eigenvalue weighted by Crippen LogP contribution is 2.12. The Labute approximate surface area is 115 Å². The van der Waals surface area contributed by atoms with Crippen LogP contribution in [-0.2, 0) is 0 Å². The van der Waals surface area contributed by atoms with E-state index in [2.05, 4.69) is 6.92 Å². The number of nitrogens with two attached hydrogens (primary N) is 2. The predicted octanol–water partition coefficient (Wildman–Crippen LogP) is 4.36. The van der Waals surface area contributed by atoms with Gasteiger partial charge in [0.2, 0.25) is 0 Å². The zero-order chi connectivity index (χ0) is 13.5. The van der Waals surface area contributed by atoms with Crippen molar-refractivity contribution in [2.75, 3.05) is 6.54 Å². The second kappa shape index (κ2) is 15.0. The minimum Gasteiger partial charge on any atom is -0.330 e. The highest BCUT2D eigenvalue weighted by atomic mass is 14.6. The lowest BCUT2D eigenvalue weighted by molar-refractivity contribution is 0.487. The molecule has 0 aromatic heterocycles. The van der Waals surface area contributed by atoms with E-state index in [9.17, 15) is 0 Å². The number of unbranched alkanes of at least 4 members (excludes halogenated alkanes) is 9. The van der Waals surface area contributed by atoms with Crippen LogP contribution in [0.3, 0.4) is 0 Å². The van der Waals surface area contributed by atoms with Gasteiger partial charge in [0, 0.05) is 6.04 Å². The first-order valence-corrected chi connectivity index (χ1v) is 8.27. The van der Waals surface area contributed by atoms with Gasteiger partial charge in [-0.05, 0) is 25.8 Å². The Morgan fingerprint density at radius 2 is 1.11 bits per heavy atom. The van der Waals surface area contributed by atoms with Gasteiger partial charge in [-0.3, -0.25) is 0 Å². The molecule has 2 heteroatoms. The summed E-state index contributed by atoms with van der Waals surface area (Å²) in [5.74, 6) is 0. The largest absolute Gasteiger partial charge is 0.330 e. The van der Waals surface area contributed by atoms with Gasteiger partial charge in [0.1, 0.15) is 0 Å². The molecular formula is C16H36N2. The van der Waals surface area contributed by atoms with Crippen LogP contribution in [0.25, 0.3) is 0 Å². The fourth-order valence-corrected chi connectivity index (χ4v) is 2.41. The minimum atomic E-state index is 0.433. The molecule has 4 N–H and O–H groups in total. The van der Waals surface area contributed by atoms with E-state index in [1.165, 1.54) is 77.0 Å². The zero-order valence-electron chi connectivity index (χ0n) is 12.6. The van der Waals surface area contributed by atoms with Crippen molar-refractivity contribution in [3.63, 3.8) is 0 Å². The maximum Gasteiger partial charge on any atom is 0.00388 e. The molecule has 0 aliphatic carbocycles. The second-order valence-electron chi connectivity index (χ2n) is 5.66. The van der Waals surface area contributed by atoms with E-state index >= 15 is 0 Å². The molecule has 0 heterocycles. The fourth-order valence-electron chi connectivity index (χ4n) is 2.41. The first-order chi connectivity index (χ1) is 8.81. The highest BCUT2D eigenvalue weighted by Gasteiger charge is 2.01. The highest BCUT2D eigenvalue weighted by molar-refractivity contribution is 4.61. The number of hydrogen-bond donors (Lipinski definition) is 2. The van der Waals surface area contributed by atoms with Crippen molar-refractivity contribution in [3.8, 4) is 0 Å². The summed E-state index contributed by atoms with van der Waals surface area (Å²) >= 11 is 0.